The molecule has 7 heteroatoms. The van der Waals surface area contributed by atoms with Crippen LogP contribution in [0.1, 0.15) is 35.9 Å². The van der Waals surface area contributed by atoms with E-state index in [4.69, 9.17) is 19.0 Å². The average molecular weight is 356 g/mol. The van der Waals surface area contributed by atoms with Gasteiger partial charge in [0.25, 0.3) is 0 Å². The van der Waals surface area contributed by atoms with E-state index in [0.717, 1.165) is 0 Å². The third kappa shape index (κ3) is 2.99. The van der Waals surface area contributed by atoms with Crippen LogP contribution in [0.2, 0.25) is 0 Å². The number of fused-ring (bicyclic) bond motifs is 2. The molecule has 1 aromatic heterocycles. The second kappa shape index (κ2) is 6.51. The van der Waals surface area contributed by atoms with Gasteiger partial charge in [0, 0.05) is 12.5 Å². The highest BCUT2D eigenvalue weighted by Crippen LogP contribution is 2.32. The summed E-state index contributed by atoms with van der Waals surface area (Å²) in [5.74, 6) is -1.21. The Kier molecular flexibility index (Phi) is 4.38. The van der Waals surface area contributed by atoms with E-state index in [1.165, 1.54) is 38.3 Å². The predicted molar refractivity (Wildman–Crippen MR) is 93.7 cm³/mol. The molecule has 1 N–H and O–H groups in total. The van der Waals surface area contributed by atoms with Gasteiger partial charge < -0.3 is 19.0 Å². The van der Waals surface area contributed by atoms with E-state index in [0.29, 0.717) is 11.3 Å². The van der Waals surface area contributed by atoms with Gasteiger partial charge in [0.2, 0.25) is 5.43 Å². The van der Waals surface area contributed by atoms with Gasteiger partial charge in [-0.05, 0) is 37.3 Å². The van der Waals surface area contributed by atoms with Crippen LogP contribution in [0, 0.1) is 0 Å². The molecule has 0 radical (unpaired) electrons. The predicted octanol–water partition coefficient (Wildman–Crippen LogP) is 3.28. The van der Waals surface area contributed by atoms with E-state index in [2.05, 4.69) is 0 Å². The summed E-state index contributed by atoms with van der Waals surface area (Å²) in [6, 6.07) is 7.22. The van der Waals surface area contributed by atoms with Crippen LogP contribution < -0.4 is 10.2 Å². The van der Waals surface area contributed by atoms with Crippen molar-refractivity contribution in [1.82, 2.24) is 0 Å². The van der Waals surface area contributed by atoms with E-state index in [-0.39, 0.29) is 32.9 Å². The first kappa shape index (κ1) is 17.5. The van der Waals surface area contributed by atoms with Crippen LogP contribution >= 0.6 is 0 Å². The van der Waals surface area contributed by atoms with Crippen LogP contribution in [0.4, 0.5) is 0 Å². The smallest absolute Gasteiger partial charge is 0.335 e. The van der Waals surface area contributed by atoms with Crippen molar-refractivity contribution >= 4 is 33.9 Å². The number of hydrogen-bond acceptors (Lipinski definition) is 6. The van der Waals surface area contributed by atoms with Gasteiger partial charge in [0.05, 0.1) is 23.4 Å². The number of benzene rings is 2. The van der Waals surface area contributed by atoms with Crippen LogP contribution in [-0.2, 0) is 9.53 Å². The molecule has 2 aromatic carbocycles. The zero-order chi connectivity index (χ0) is 19.0. The average Bonchev–Trinajstić information content (AvgIpc) is 2.60. The van der Waals surface area contributed by atoms with Crippen molar-refractivity contribution in [2.24, 2.45) is 0 Å². The highest BCUT2D eigenvalue weighted by atomic mass is 16.5. The van der Waals surface area contributed by atoms with Gasteiger partial charge in [-0.15, -0.1) is 0 Å². The van der Waals surface area contributed by atoms with Crippen molar-refractivity contribution in [3.63, 3.8) is 0 Å². The Balaban J connectivity index is 2.37. The highest BCUT2D eigenvalue weighted by Gasteiger charge is 2.20. The molecule has 0 fully saturated rings. The van der Waals surface area contributed by atoms with Gasteiger partial charge in [-0.1, -0.05) is 0 Å². The third-order valence-electron chi connectivity index (χ3n) is 4.04. The van der Waals surface area contributed by atoms with Gasteiger partial charge in [-0.2, -0.15) is 0 Å². The summed E-state index contributed by atoms with van der Waals surface area (Å²) in [6.07, 6.45) is -0.663. The van der Waals surface area contributed by atoms with Crippen molar-refractivity contribution in [2.45, 2.75) is 20.0 Å². The maximum Gasteiger partial charge on any atom is 0.335 e. The highest BCUT2D eigenvalue weighted by molar-refractivity contribution is 5.97. The zero-order valence-electron chi connectivity index (χ0n) is 14.4. The molecule has 1 unspecified atom stereocenters. The van der Waals surface area contributed by atoms with Crippen LogP contribution in [0.3, 0.4) is 0 Å². The number of aromatic carboxylic acids is 1. The molecule has 1 heterocycles. The standard InChI is InChI=1S/C19H16O7/c1-9(25-10(2)20)13-7-12(24-3)8-15-17(21)14-6-11(19(22)23)4-5-16(14)26-18(13)15/h4-9H,1-3H3,(H,22,23). The van der Waals surface area contributed by atoms with Crippen LogP contribution in [0.25, 0.3) is 21.9 Å². The van der Waals surface area contributed by atoms with E-state index >= 15 is 0 Å². The Morgan fingerprint density at radius 1 is 1.15 bits per heavy atom. The lowest BCUT2D eigenvalue weighted by Gasteiger charge is -2.15. The van der Waals surface area contributed by atoms with Gasteiger partial charge in [-0.25, -0.2) is 4.79 Å². The molecule has 7 nitrogen and oxygen atoms in total. The fraction of sp³-hybridized carbons (Fsp3) is 0.211. The normalized spacial score (nSPS) is 12.1. The molecule has 0 aliphatic rings. The minimum atomic E-state index is -1.14. The van der Waals surface area contributed by atoms with Crippen molar-refractivity contribution in [1.29, 1.82) is 0 Å². The molecule has 0 saturated carbocycles. The summed E-state index contributed by atoms with van der Waals surface area (Å²) >= 11 is 0. The van der Waals surface area contributed by atoms with E-state index < -0.39 is 18.0 Å². The third-order valence-corrected chi connectivity index (χ3v) is 4.04. The molecule has 0 spiro atoms. The Hall–Kier alpha value is -3.35. The summed E-state index contributed by atoms with van der Waals surface area (Å²) in [4.78, 5) is 35.4. The minimum Gasteiger partial charge on any atom is -0.497 e. The topological polar surface area (TPSA) is 103 Å². The molecule has 3 rings (SSSR count). The Labute approximate surface area is 147 Å². The lowest BCUT2D eigenvalue weighted by Crippen LogP contribution is -2.09. The van der Waals surface area contributed by atoms with Gasteiger partial charge in [0.1, 0.15) is 23.0 Å². The molecular weight excluding hydrogens is 340 g/mol. The lowest BCUT2D eigenvalue weighted by molar-refractivity contribution is -0.145. The molecule has 0 saturated heterocycles. The molecule has 134 valence electrons. The molecule has 0 amide bonds. The van der Waals surface area contributed by atoms with Crippen molar-refractivity contribution in [3.05, 3.63) is 51.7 Å². The molecule has 1 atom stereocenters. The number of carboxylic acid groups (broad SMARTS) is 1. The lowest BCUT2D eigenvalue weighted by atomic mass is 10.0. The first-order valence-electron chi connectivity index (χ1n) is 7.81. The van der Waals surface area contributed by atoms with Crippen molar-refractivity contribution in [2.75, 3.05) is 7.11 Å². The molecule has 0 aliphatic carbocycles. The molecule has 3 aromatic rings. The van der Waals surface area contributed by atoms with Crippen LogP contribution in [-0.4, -0.2) is 24.2 Å². The quantitative estimate of drug-likeness (QED) is 0.565. The maximum atomic E-state index is 12.9. The Morgan fingerprint density at radius 2 is 1.88 bits per heavy atom. The summed E-state index contributed by atoms with van der Waals surface area (Å²) in [7, 11) is 1.45. The number of carbonyl (C=O) groups is 2. The van der Waals surface area contributed by atoms with Crippen molar-refractivity contribution in [3.8, 4) is 5.75 Å². The minimum absolute atomic E-state index is 0.0134. The number of esters is 1. The second-order valence-corrected chi connectivity index (χ2v) is 5.79. The monoisotopic (exact) mass is 356 g/mol. The summed E-state index contributed by atoms with van der Waals surface area (Å²) in [5, 5.41) is 9.50. The largest absolute Gasteiger partial charge is 0.497 e. The molecule has 26 heavy (non-hydrogen) atoms. The summed E-state index contributed by atoms with van der Waals surface area (Å²) in [5.41, 5.74) is 0.588. The number of carbonyl (C=O) groups excluding carboxylic acids is 1. The van der Waals surface area contributed by atoms with Gasteiger partial charge in [-0.3, -0.25) is 9.59 Å². The maximum absolute atomic E-state index is 12.9. The summed E-state index contributed by atoms with van der Waals surface area (Å²) < 4.78 is 16.3. The first-order chi connectivity index (χ1) is 12.3. The first-order valence-corrected chi connectivity index (χ1v) is 7.81. The molecule has 0 aliphatic heterocycles. The van der Waals surface area contributed by atoms with E-state index in [1.807, 2.05) is 0 Å². The number of hydrogen-bond donors (Lipinski definition) is 1. The molecule has 0 bridgehead atoms. The van der Waals surface area contributed by atoms with Crippen LogP contribution in [0.15, 0.2) is 39.5 Å². The fourth-order valence-electron chi connectivity index (χ4n) is 2.82. The number of ether oxygens (including phenoxy) is 2. The van der Waals surface area contributed by atoms with Gasteiger partial charge >= 0.3 is 11.9 Å². The Bertz CT molecular complexity index is 1090. The SMILES string of the molecule is COc1cc(C(C)OC(C)=O)c2oc3ccc(C(=O)O)cc3c(=O)c2c1. The van der Waals surface area contributed by atoms with Crippen molar-refractivity contribution < 1.29 is 28.6 Å². The van der Waals surface area contributed by atoms with Gasteiger partial charge in [0.15, 0.2) is 0 Å². The molecular formula is C19H16O7. The number of carboxylic acids is 1. The fourth-order valence-corrected chi connectivity index (χ4v) is 2.82. The summed E-state index contributed by atoms with van der Waals surface area (Å²) in [6.45, 7) is 2.95. The second-order valence-electron chi connectivity index (χ2n) is 5.79. The number of rotatable bonds is 4. The number of methoxy groups -OCH3 is 1. The van der Waals surface area contributed by atoms with E-state index in [1.54, 1.807) is 13.0 Å². The Morgan fingerprint density at radius 3 is 2.50 bits per heavy atom. The van der Waals surface area contributed by atoms with Crippen LogP contribution in [0.5, 0.6) is 5.75 Å². The zero-order valence-corrected chi connectivity index (χ0v) is 14.4. The van der Waals surface area contributed by atoms with E-state index in [9.17, 15) is 14.4 Å².